The molecule has 6 heteroatoms. The van der Waals surface area contributed by atoms with Crippen molar-refractivity contribution in [1.29, 1.82) is 0 Å². The van der Waals surface area contributed by atoms with E-state index in [1.165, 1.54) is 18.1 Å². The van der Waals surface area contributed by atoms with Crippen LogP contribution in [-0.4, -0.2) is 31.1 Å². The smallest absolute Gasteiger partial charge is 0.187 e. The van der Waals surface area contributed by atoms with Crippen LogP contribution in [0.4, 0.5) is 0 Å². The first-order chi connectivity index (χ1) is 6.81. The molecular weight excluding hydrogens is 200 g/mol. The van der Waals surface area contributed by atoms with E-state index >= 15 is 0 Å². The number of hydrogen-bond acceptors (Lipinski definition) is 5. The largest absolute Gasteiger partial charge is 0.427 e. The SMILES string of the molecule is CSc1nccc(-c2cncn2O)n1. The predicted molar refractivity (Wildman–Crippen MR) is 52.2 cm³/mol. The third-order valence-corrected chi connectivity index (χ3v) is 2.26. The van der Waals surface area contributed by atoms with Gasteiger partial charge in [0.15, 0.2) is 5.16 Å². The Hall–Kier alpha value is -1.56. The fourth-order valence-electron chi connectivity index (χ4n) is 1.05. The molecule has 2 rings (SSSR count). The molecule has 0 bridgehead atoms. The van der Waals surface area contributed by atoms with E-state index < -0.39 is 0 Å². The fourth-order valence-corrected chi connectivity index (χ4v) is 1.41. The summed E-state index contributed by atoms with van der Waals surface area (Å²) in [5.41, 5.74) is 1.21. The van der Waals surface area contributed by atoms with E-state index in [1.807, 2.05) is 6.26 Å². The zero-order chi connectivity index (χ0) is 9.97. The normalized spacial score (nSPS) is 10.4. The summed E-state index contributed by atoms with van der Waals surface area (Å²) < 4.78 is 0.937. The molecule has 5 nitrogen and oxygen atoms in total. The van der Waals surface area contributed by atoms with Crippen molar-refractivity contribution in [3.8, 4) is 11.4 Å². The summed E-state index contributed by atoms with van der Waals surface area (Å²) in [4.78, 5) is 12.1. The van der Waals surface area contributed by atoms with Crippen molar-refractivity contribution in [2.75, 3.05) is 6.26 Å². The Morgan fingerprint density at radius 1 is 1.50 bits per heavy atom. The molecule has 0 fully saturated rings. The van der Waals surface area contributed by atoms with Gasteiger partial charge < -0.3 is 5.21 Å². The maximum absolute atomic E-state index is 9.35. The lowest BCUT2D eigenvalue weighted by molar-refractivity contribution is 0.190. The number of hydrogen-bond donors (Lipinski definition) is 1. The van der Waals surface area contributed by atoms with Crippen LogP contribution in [0.1, 0.15) is 0 Å². The van der Waals surface area contributed by atoms with Crippen molar-refractivity contribution < 1.29 is 5.21 Å². The van der Waals surface area contributed by atoms with Crippen molar-refractivity contribution in [3.63, 3.8) is 0 Å². The van der Waals surface area contributed by atoms with Crippen LogP contribution < -0.4 is 0 Å². The molecule has 2 aromatic heterocycles. The van der Waals surface area contributed by atoms with Gasteiger partial charge in [-0.1, -0.05) is 11.8 Å². The lowest BCUT2D eigenvalue weighted by Crippen LogP contribution is -1.95. The summed E-state index contributed by atoms with van der Waals surface area (Å²) >= 11 is 1.45. The number of thioether (sulfide) groups is 1. The van der Waals surface area contributed by atoms with E-state index in [2.05, 4.69) is 15.0 Å². The molecule has 0 amide bonds. The maximum Gasteiger partial charge on any atom is 0.187 e. The lowest BCUT2D eigenvalue weighted by atomic mass is 10.3. The molecule has 0 saturated carbocycles. The zero-order valence-electron chi connectivity index (χ0n) is 7.45. The van der Waals surface area contributed by atoms with Crippen LogP contribution in [0.25, 0.3) is 11.4 Å². The van der Waals surface area contributed by atoms with E-state index in [1.54, 1.807) is 18.5 Å². The third kappa shape index (κ3) is 1.56. The first-order valence-electron chi connectivity index (χ1n) is 3.90. The van der Waals surface area contributed by atoms with Crippen LogP contribution in [0.15, 0.2) is 29.9 Å². The van der Waals surface area contributed by atoms with E-state index in [-0.39, 0.29) is 0 Å². The average molecular weight is 208 g/mol. The number of rotatable bonds is 2. The minimum Gasteiger partial charge on any atom is -0.427 e. The molecule has 2 heterocycles. The van der Waals surface area contributed by atoms with E-state index in [4.69, 9.17) is 0 Å². The van der Waals surface area contributed by atoms with Crippen molar-refractivity contribution in [1.82, 2.24) is 19.7 Å². The Kier molecular flexibility index (Phi) is 2.36. The number of nitrogens with zero attached hydrogens (tertiary/aromatic N) is 4. The maximum atomic E-state index is 9.35. The molecule has 1 N–H and O–H groups in total. The minimum atomic E-state index is 0.558. The van der Waals surface area contributed by atoms with Gasteiger partial charge in [-0.15, -0.1) is 0 Å². The summed E-state index contributed by atoms with van der Waals surface area (Å²) in [6.07, 6.45) is 6.42. The van der Waals surface area contributed by atoms with Gasteiger partial charge in [-0.25, -0.2) is 15.0 Å². The molecule has 0 radical (unpaired) electrons. The van der Waals surface area contributed by atoms with Crippen molar-refractivity contribution >= 4 is 11.8 Å². The molecule has 0 atom stereocenters. The Morgan fingerprint density at radius 3 is 3.00 bits per heavy atom. The monoisotopic (exact) mass is 208 g/mol. The van der Waals surface area contributed by atoms with Gasteiger partial charge in [-0.2, -0.15) is 4.73 Å². The standard InChI is InChI=1S/C8H8N4OS/c1-14-8-10-3-2-6(11-8)7-4-9-5-12(7)13/h2-5,13H,1H3. The van der Waals surface area contributed by atoms with E-state index in [9.17, 15) is 5.21 Å². The number of imidazole rings is 1. The molecule has 0 aliphatic carbocycles. The highest BCUT2D eigenvalue weighted by Gasteiger charge is 2.06. The molecule has 0 aliphatic heterocycles. The van der Waals surface area contributed by atoms with Crippen LogP contribution in [0.2, 0.25) is 0 Å². The first-order valence-corrected chi connectivity index (χ1v) is 5.13. The fraction of sp³-hybridized carbons (Fsp3) is 0.125. The zero-order valence-corrected chi connectivity index (χ0v) is 8.27. The molecule has 2 aromatic rings. The van der Waals surface area contributed by atoms with Gasteiger partial charge in [0.1, 0.15) is 12.0 Å². The van der Waals surface area contributed by atoms with Gasteiger partial charge in [0.25, 0.3) is 0 Å². The van der Waals surface area contributed by atoms with Gasteiger partial charge in [0, 0.05) is 6.20 Å². The van der Waals surface area contributed by atoms with Crippen LogP contribution in [0, 0.1) is 0 Å². The van der Waals surface area contributed by atoms with Crippen molar-refractivity contribution in [2.45, 2.75) is 5.16 Å². The molecule has 14 heavy (non-hydrogen) atoms. The van der Waals surface area contributed by atoms with E-state index in [0.717, 1.165) is 4.73 Å². The second-order valence-corrected chi connectivity index (χ2v) is 3.33. The Labute approximate surface area is 84.8 Å². The summed E-state index contributed by atoms with van der Waals surface area (Å²) in [6, 6.07) is 1.73. The van der Waals surface area contributed by atoms with Crippen LogP contribution in [-0.2, 0) is 0 Å². The Balaban J connectivity index is 2.47. The number of aromatic nitrogens is 4. The van der Waals surface area contributed by atoms with Gasteiger partial charge in [-0.05, 0) is 12.3 Å². The van der Waals surface area contributed by atoms with Gasteiger partial charge in [-0.3, -0.25) is 0 Å². The summed E-state index contributed by atoms with van der Waals surface area (Å²) in [6.45, 7) is 0. The molecule has 0 saturated heterocycles. The summed E-state index contributed by atoms with van der Waals surface area (Å²) in [5.74, 6) is 0. The molecule has 0 spiro atoms. The van der Waals surface area contributed by atoms with Crippen LogP contribution in [0.5, 0.6) is 0 Å². The van der Waals surface area contributed by atoms with Gasteiger partial charge in [0.05, 0.1) is 11.9 Å². The Bertz CT molecular complexity index is 442. The lowest BCUT2D eigenvalue weighted by Gasteiger charge is -2.00. The molecule has 0 aromatic carbocycles. The van der Waals surface area contributed by atoms with Crippen molar-refractivity contribution in [3.05, 3.63) is 24.8 Å². The highest BCUT2D eigenvalue weighted by atomic mass is 32.2. The predicted octanol–water partition coefficient (Wildman–Crippen LogP) is 1.30. The Morgan fingerprint density at radius 2 is 2.36 bits per heavy atom. The van der Waals surface area contributed by atoms with Crippen LogP contribution >= 0.6 is 11.8 Å². The van der Waals surface area contributed by atoms with Crippen molar-refractivity contribution in [2.24, 2.45) is 0 Å². The van der Waals surface area contributed by atoms with Gasteiger partial charge >= 0.3 is 0 Å². The molecule has 72 valence electrons. The molecule has 0 unspecified atom stereocenters. The second kappa shape index (κ2) is 3.67. The average Bonchev–Trinajstić information content (AvgIpc) is 2.65. The summed E-state index contributed by atoms with van der Waals surface area (Å²) in [5, 5.41) is 10.0. The van der Waals surface area contributed by atoms with E-state index in [0.29, 0.717) is 16.5 Å². The highest BCUT2D eigenvalue weighted by Crippen LogP contribution is 2.17. The topological polar surface area (TPSA) is 63.8 Å². The minimum absolute atomic E-state index is 0.558. The second-order valence-electron chi connectivity index (χ2n) is 2.55. The third-order valence-electron chi connectivity index (χ3n) is 1.70. The first kappa shape index (κ1) is 9.01. The summed E-state index contributed by atoms with van der Waals surface area (Å²) in [7, 11) is 0. The molecular formula is C8H8N4OS. The van der Waals surface area contributed by atoms with Crippen LogP contribution in [0.3, 0.4) is 0 Å². The molecule has 0 aliphatic rings. The highest BCUT2D eigenvalue weighted by molar-refractivity contribution is 7.98. The quantitative estimate of drug-likeness (QED) is 0.458. The van der Waals surface area contributed by atoms with Gasteiger partial charge in [0.2, 0.25) is 0 Å².